The highest BCUT2D eigenvalue weighted by molar-refractivity contribution is 5.97. The Kier molecular flexibility index (Phi) is 3.21. The number of hydrogen-bond donors (Lipinski definition) is 1. The van der Waals surface area contributed by atoms with E-state index in [2.05, 4.69) is 11.9 Å². The highest BCUT2D eigenvalue weighted by Crippen LogP contribution is 2.38. The third-order valence-corrected chi connectivity index (χ3v) is 3.68. The van der Waals surface area contributed by atoms with Gasteiger partial charge in [-0.1, -0.05) is 26.8 Å². The van der Waals surface area contributed by atoms with Crippen LogP contribution in [-0.4, -0.2) is 35.3 Å². The molecule has 2 fully saturated rings. The predicted octanol–water partition coefficient (Wildman–Crippen LogP) is 1.32. The average molecular weight is 250 g/mol. The van der Waals surface area contributed by atoms with Crippen LogP contribution in [0.5, 0.6) is 0 Å². The van der Waals surface area contributed by atoms with E-state index in [0.29, 0.717) is 12.5 Å². The van der Waals surface area contributed by atoms with E-state index >= 15 is 0 Å². The minimum Gasteiger partial charge on any atom is -0.342 e. The molecule has 2 rings (SSSR count). The third-order valence-electron chi connectivity index (χ3n) is 3.68. The Bertz CT molecular complexity index is 380. The fourth-order valence-corrected chi connectivity index (χ4v) is 2.54. The Morgan fingerprint density at radius 3 is 2.44 bits per heavy atom. The number of piperazine rings is 1. The minimum atomic E-state index is -0.431. The molecule has 1 saturated carbocycles. The second kappa shape index (κ2) is 4.41. The molecule has 2 aliphatic rings. The zero-order valence-corrected chi connectivity index (χ0v) is 11.4. The summed E-state index contributed by atoms with van der Waals surface area (Å²) in [6.07, 6.45) is 3.78. The first kappa shape index (κ1) is 13.1. The molecule has 1 heterocycles. The summed E-state index contributed by atoms with van der Waals surface area (Å²) < 4.78 is 0. The Balaban J connectivity index is 2.26. The van der Waals surface area contributed by atoms with Crippen LogP contribution in [0, 0.1) is 11.3 Å². The smallest absolute Gasteiger partial charge is 0.246 e. The van der Waals surface area contributed by atoms with Gasteiger partial charge in [0.15, 0.2) is 0 Å². The summed E-state index contributed by atoms with van der Waals surface area (Å²) in [4.78, 5) is 26.4. The first-order valence-electron chi connectivity index (χ1n) is 6.58. The van der Waals surface area contributed by atoms with Gasteiger partial charge in [-0.15, -0.1) is 6.58 Å². The van der Waals surface area contributed by atoms with Crippen LogP contribution in [0.15, 0.2) is 12.7 Å². The standard InChI is InChI=1S/C14H22N2O2/c1-5-8-16-10(9-6-7-9)12(17)15-11(13(16)18)14(2,3)4/h5,9-11H,1,6-8H2,2-4H3,(H,15,17). The van der Waals surface area contributed by atoms with Crippen molar-refractivity contribution in [2.45, 2.75) is 45.7 Å². The van der Waals surface area contributed by atoms with Crippen LogP contribution in [0.25, 0.3) is 0 Å². The van der Waals surface area contributed by atoms with Gasteiger partial charge in [-0.3, -0.25) is 9.59 Å². The molecule has 1 aliphatic carbocycles. The molecule has 18 heavy (non-hydrogen) atoms. The van der Waals surface area contributed by atoms with Crippen molar-refractivity contribution in [3.05, 3.63) is 12.7 Å². The van der Waals surface area contributed by atoms with Crippen LogP contribution in [0.4, 0.5) is 0 Å². The van der Waals surface area contributed by atoms with Gasteiger partial charge < -0.3 is 10.2 Å². The Labute approximate surface area is 108 Å². The van der Waals surface area contributed by atoms with Gasteiger partial charge in [0.1, 0.15) is 12.1 Å². The lowest BCUT2D eigenvalue weighted by Gasteiger charge is -2.43. The Hall–Kier alpha value is -1.32. The van der Waals surface area contributed by atoms with Crippen LogP contribution in [0.1, 0.15) is 33.6 Å². The monoisotopic (exact) mass is 250 g/mol. The van der Waals surface area contributed by atoms with E-state index in [1.165, 1.54) is 0 Å². The maximum Gasteiger partial charge on any atom is 0.246 e. The molecular formula is C14H22N2O2. The lowest BCUT2D eigenvalue weighted by Crippen LogP contribution is -2.67. The molecule has 4 nitrogen and oxygen atoms in total. The largest absolute Gasteiger partial charge is 0.342 e. The molecule has 0 aromatic rings. The molecule has 1 aliphatic heterocycles. The van der Waals surface area contributed by atoms with Crippen LogP contribution in [0.3, 0.4) is 0 Å². The summed E-state index contributed by atoms with van der Waals surface area (Å²) in [5, 5.41) is 2.90. The molecule has 0 aromatic carbocycles. The number of rotatable bonds is 3. The number of nitrogens with zero attached hydrogens (tertiary/aromatic N) is 1. The van der Waals surface area contributed by atoms with E-state index in [1.54, 1.807) is 11.0 Å². The lowest BCUT2D eigenvalue weighted by atomic mass is 9.83. The molecule has 1 N–H and O–H groups in total. The molecule has 4 heteroatoms. The molecule has 0 aromatic heterocycles. The summed E-state index contributed by atoms with van der Waals surface area (Å²) in [5.74, 6) is 0.368. The van der Waals surface area contributed by atoms with Crippen molar-refractivity contribution in [3.63, 3.8) is 0 Å². The SMILES string of the molecule is C=CCN1C(=O)C(C(C)(C)C)NC(=O)C1C1CC1. The number of nitrogens with one attached hydrogen (secondary N) is 1. The highest BCUT2D eigenvalue weighted by Gasteiger charge is 2.49. The molecule has 0 spiro atoms. The zero-order chi connectivity index (χ0) is 13.5. The molecule has 0 radical (unpaired) electrons. The number of carbonyl (C=O) groups excluding carboxylic acids is 2. The average Bonchev–Trinajstić information content (AvgIpc) is 3.05. The van der Waals surface area contributed by atoms with Gasteiger partial charge in [0.2, 0.25) is 11.8 Å². The Morgan fingerprint density at radius 1 is 1.39 bits per heavy atom. The summed E-state index contributed by atoms with van der Waals surface area (Å²) in [7, 11) is 0. The number of carbonyl (C=O) groups is 2. The van der Waals surface area contributed by atoms with Crippen molar-refractivity contribution in [1.82, 2.24) is 10.2 Å². The van der Waals surface area contributed by atoms with Crippen LogP contribution in [-0.2, 0) is 9.59 Å². The molecule has 0 bridgehead atoms. The molecule has 100 valence electrons. The second-order valence-electron chi connectivity index (χ2n) is 6.37. The minimum absolute atomic E-state index is 0.00104. The summed E-state index contributed by atoms with van der Waals surface area (Å²) >= 11 is 0. The molecule has 2 atom stereocenters. The molecule has 2 amide bonds. The normalized spacial score (nSPS) is 29.2. The number of amides is 2. The first-order valence-corrected chi connectivity index (χ1v) is 6.58. The van der Waals surface area contributed by atoms with E-state index in [-0.39, 0.29) is 23.3 Å². The van der Waals surface area contributed by atoms with Gasteiger partial charge in [0, 0.05) is 6.54 Å². The zero-order valence-electron chi connectivity index (χ0n) is 11.4. The van der Waals surface area contributed by atoms with E-state index < -0.39 is 6.04 Å². The van der Waals surface area contributed by atoms with Gasteiger partial charge in [-0.05, 0) is 24.2 Å². The maximum absolute atomic E-state index is 12.5. The summed E-state index contributed by atoms with van der Waals surface area (Å²) in [6.45, 7) is 10.1. The van der Waals surface area contributed by atoms with Crippen molar-refractivity contribution in [3.8, 4) is 0 Å². The van der Waals surface area contributed by atoms with Crippen molar-refractivity contribution in [1.29, 1.82) is 0 Å². The van der Waals surface area contributed by atoms with E-state index in [1.807, 2.05) is 20.8 Å². The fourth-order valence-electron chi connectivity index (χ4n) is 2.54. The van der Waals surface area contributed by atoms with Gasteiger partial charge in [-0.2, -0.15) is 0 Å². The van der Waals surface area contributed by atoms with E-state index in [9.17, 15) is 9.59 Å². The van der Waals surface area contributed by atoms with Crippen molar-refractivity contribution >= 4 is 11.8 Å². The first-order chi connectivity index (χ1) is 8.36. The quantitative estimate of drug-likeness (QED) is 0.768. The van der Waals surface area contributed by atoms with Gasteiger partial charge in [-0.25, -0.2) is 0 Å². The second-order valence-corrected chi connectivity index (χ2v) is 6.37. The molecule has 2 unspecified atom stereocenters. The topological polar surface area (TPSA) is 49.4 Å². The van der Waals surface area contributed by atoms with Gasteiger partial charge >= 0.3 is 0 Å². The van der Waals surface area contributed by atoms with Crippen molar-refractivity contribution in [2.24, 2.45) is 11.3 Å². The van der Waals surface area contributed by atoms with Crippen molar-refractivity contribution < 1.29 is 9.59 Å². The van der Waals surface area contributed by atoms with Crippen LogP contribution in [0.2, 0.25) is 0 Å². The van der Waals surface area contributed by atoms with Crippen molar-refractivity contribution in [2.75, 3.05) is 6.54 Å². The molecule has 1 saturated heterocycles. The summed E-state index contributed by atoms with van der Waals surface area (Å²) in [5.41, 5.74) is -0.263. The highest BCUT2D eigenvalue weighted by atomic mass is 16.2. The predicted molar refractivity (Wildman–Crippen MR) is 69.8 cm³/mol. The fraction of sp³-hybridized carbons (Fsp3) is 0.714. The third kappa shape index (κ3) is 2.28. The van der Waals surface area contributed by atoms with Crippen LogP contribution < -0.4 is 5.32 Å². The lowest BCUT2D eigenvalue weighted by molar-refractivity contribution is -0.152. The summed E-state index contributed by atoms with van der Waals surface area (Å²) in [6, 6.07) is -0.714. The van der Waals surface area contributed by atoms with Gasteiger partial charge in [0.25, 0.3) is 0 Å². The van der Waals surface area contributed by atoms with Crippen LogP contribution >= 0.6 is 0 Å². The Morgan fingerprint density at radius 2 is 2.00 bits per heavy atom. The van der Waals surface area contributed by atoms with E-state index in [0.717, 1.165) is 12.8 Å². The van der Waals surface area contributed by atoms with Gasteiger partial charge in [0.05, 0.1) is 0 Å². The maximum atomic E-state index is 12.5. The number of hydrogen-bond acceptors (Lipinski definition) is 2. The van der Waals surface area contributed by atoms with E-state index in [4.69, 9.17) is 0 Å². The molecular weight excluding hydrogens is 228 g/mol.